The second-order valence-corrected chi connectivity index (χ2v) is 2.41. The summed E-state index contributed by atoms with van der Waals surface area (Å²) in [5.74, 6) is -2.08. The zero-order valence-electron chi connectivity index (χ0n) is 6.87. The molecular formula is C6H12N2O4. The summed E-state index contributed by atoms with van der Waals surface area (Å²) in [4.78, 5) is 20.5. The van der Waals surface area contributed by atoms with Crippen molar-refractivity contribution < 1.29 is 19.8 Å². The van der Waals surface area contributed by atoms with E-state index in [1.807, 2.05) is 0 Å². The second kappa shape index (κ2) is 4.68. The van der Waals surface area contributed by atoms with Gasteiger partial charge in [-0.05, 0) is 13.8 Å². The van der Waals surface area contributed by atoms with Crippen molar-refractivity contribution in [3.8, 4) is 0 Å². The maximum atomic E-state index is 10.2. The van der Waals surface area contributed by atoms with Crippen molar-refractivity contribution in [1.82, 2.24) is 10.9 Å². The molecular weight excluding hydrogens is 164 g/mol. The van der Waals surface area contributed by atoms with Crippen LogP contribution in [0.3, 0.4) is 0 Å². The lowest BCUT2D eigenvalue weighted by Crippen LogP contribution is -2.50. The lowest BCUT2D eigenvalue weighted by molar-refractivity contribution is -0.142. The summed E-state index contributed by atoms with van der Waals surface area (Å²) in [6, 6.07) is -1.63. The largest absolute Gasteiger partial charge is 0.480 e. The SMILES string of the molecule is CC(NNC(C)C(=O)O)C(=O)O. The van der Waals surface area contributed by atoms with Crippen molar-refractivity contribution in [2.24, 2.45) is 0 Å². The van der Waals surface area contributed by atoms with Gasteiger partial charge >= 0.3 is 11.9 Å². The number of hydrazine groups is 1. The maximum absolute atomic E-state index is 10.2. The molecule has 0 fully saturated rings. The van der Waals surface area contributed by atoms with Gasteiger partial charge in [0.1, 0.15) is 12.1 Å². The van der Waals surface area contributed by atoms with Gasteiger partial charge in [-0.25, -0.2) is 10.9 Å². The molecule has 12 heavy (non-hydrogen) atoms. The fourth-order valence-electron chi connectivity index (χ4n) is 0.373. The van der Waals surface area contributed by atoms with Crippen LogP contribution in [0.25, 0.3) is 0 Å². The third-order valence-electron chi connectivity index (χ3n) is 1.26. The molecule has 0 amide bonds. The van der Waals surface area contributed by atoms with Gasteiger partial charge in [0.05, 0.1) is 0 Å². The molecule has 2 unspecified atom stereocenters. The molecule has 0 aromatic heterocycles. The zero-order valence-corrected chi connectivity index (χ0v) is 6.87. The molecule has 0 aliphatic rings. The molecule has 0 aliphatic carbocycles. The fraction of sp³-hybridized carbons (Fsp3) is 0.667. The quantitative estimate of drug-likeness (QED) is 0.402. The first-order valence-corrected chi connectivity index (χ1v) is 3.41. The minimum absolute atomic E-state index is 0.813. The average molecular weight is 176 g/mol. The number of rotatable bonds is 5. The van der Waals surface area contributed by atoms with Crippen LogP contribution in [0, 0.1) is 0 Å². The maximum Gasteiger partial charge on any atom is 0.321 e. The summed E-state index contributed by atoms with van der Waals surface area (Å²) in [6.07, 6.45) is 0. The molecule has 2 atom stereocenters. The Morgan fingerprint density at radius 3 is 1.42 bits per heavy atom. The zero-order chi connectivity index (χ0) is 9.72. The molecule has 0 spiro atoms. The molecule has 70 valence electrons. The Bertz CT molecular complexity index is 162. The molecule has 0 rings (SSSR count). The highest BCUT2D eigenvalue weighted by molar-refractivity contribution is 5.74. The normalized spacial score (nSPS) is 15.2. The first kappa shape index (κ1) is 10.9. The van der Waals surface area contributed by atoms with E-state index in [1.54, 1.807) is 0 Å². The van der Waals surface area contributed by atoms with Crippen LogP contribution in [0.2, 0.25) is 0 Å². The highest BCUT2D eigenvalue weighted by Crippen LogP contribution is 1.81. The number of hydrogen-bond donors (Lipinski definition) is 4. The molecule has 0 aromatic rings. The van der Waals surface area contributed by atoms with Gasteiger partial charge in [-0.1, -0.05) is 0 Å². The van der Waals surface area contributed by atoms with E-state index in [1.165, 1.54) is 13.8 Å². The van der Waals surface area contributed by atoms with Crippen LogP contribution in [0.1, 0.15) is 13.8 Å². The average Bonchev–Trinajstić information content (AvgIpc) is 1.98. The van der Waals surface area contributed by atoms with Crippen LogP contribution in [0.4, 0.5) is 0 Å². The Morgan fingerprint density at radius 1 is 1.00 bits per heavy atom. The number of carbonyl (C=O) groups is 2. The Morgan fingerprint density at radius 2 is 1.25 bits per heavy atom. The van der Waals surface area contributed by atoms with Crippen LogP contribution < -0.4 is 10.9 Å². The summed E-state index contributed by atoms with van der Waals surface area (Å²) in [5, 5.41) is 16.8. The minimum Gasteiger partial charge on any atom is -0.480 e. The van der Waals surface area contributed by atoms with Crippen molar-refractivity contribution in [2.75, 3.05) is 0 Å². The standard InChI is InChI=1S/C6H12N2O4/c1-3(5(9)10)7-8-4(2)6(11)12/h3-4,7-8H,1-2H3,(H,9,10)(H,11,12). The molecule has 0 aromatic carbocycles. The van der Waals surface area contributed by atoms with Gasteiger partial charge < -0.3 is 10.2 Å². The monoisotopic (exact) mass is 176 g/mol. The molecule has 6 heteroatoms. The second-order valence-electron chi connectivity index (χ2n) is 2.41. The predicted molar refractivity (Wildman–Crippen MR) is 40.5 cm³/mol. The van der Waals surface area contributed by atoms with Gasteiger partial charge in [-0.3, -0.25) is 9.59 Å². The van der Waals surface area contributed by atoms with Gasteiger partial charge in [-0.15, -0.1) is 0 Å². The van der Waals surface area contributed by atoms with Crippen LogP contribution in [0.5, 0.6) is 0 Å². The van der Waals surface area contributed by atoms with E-state index >= 15 is 0 Å². The molecule has 0 saturated carbocycles. The van der Waals surface area contributed by atoms with Crippen LogP contribution in [0.15, 0.2) is 0 Å². The fourth-order valence-corrected chi connectivity index (χ4v) is 0.373. The van der Waals surface area contributed by atoms with Crippen LogP contribution in [-0.4, -0.2) is 34.2 Å². The smallest absolute Gasteiger partial charge is 0.321 e. The highest BCUT2D eigenvalue weighted by Gasteiger charge is 2.14. The van der Waals surface area contributed by atoms with Crippen molar-refractivity contribution in [1.29, 1.82) is 0 Å². The molecule has 0 saturated heterocycles. The summed E-state index contributed by atoms with van der Waals surface area (Å²) >= 11 is 0. The Hall–Kier alpha value is -1.14. The van der Waals surface area contributed by atoms with Crippen LogP contribution in [-0.2, 0) is 9.59 Å². The topological polar surface area (TPSA) is 98.7 Å². The number of hydrogen-bond acceptors (Lipinski definition) is 4. The van der Waals surface area contributed by atoms with Crippen molar-refractivity contribution >= 4 is 11.9 Å². The van der Waals surface area contributed by atoms with E-state index in [0.29, 0.717) is 0 Å². The molecule has 0 bridgehead atoms. The first-order chi connectivity index (χ1) is 5.45. The van der Waals surface area contributed by atoms with E-state index < -0.39 is 24.0 Å². The Labute approximate surface area is 69.5 Å². The molecule has 6 nitrogen and oxygen atoms in total. The van der Waals surface area contributed by atoms with Crippen molar-refractivity contribution in [3.05, 3.63) is 0 Å². The lowest BCUT2D eigenvalue weighted by Gasteiger charge is -2.13. The van der Waals surface area contributed by atoms with Crippen LogP contribution >= 0.6 is 0 Å². The third-order valence-corrected chi connectivity index (χ3v) is 1.26. The van der Waals surface area contributed by atoms with E-state index in [9.17, 15) is 9.59 Å². The van der Waals surface area contributed by atoms with Gasteiger partial charge in [0, 0.05) is 0 Å². The predicted octanol–water partition coefficient (Wildman–Crippen LogP) is -0.973. The minimum atomic E-state index is -1.04. The number of carboxylic acid groups (broad SMARTS) is 2. The summed E-state index contributed by atoms with van der Waals surface area (Å²) in [5.41, 5.74) is 4.67. The van der Waals surface area contributed by atoms with Crippen molar-refractivity contribution in [2.45, 2.75) is 25.9 Å². The van der Waals surface area contributed by atoms with E-state index in [-0.39, 0.29) is 0 Å². The molecule has 4 N–H and O–H groups in total. The van der Waals surface area contributed by atoms with Crippen molar-refractivity contribution in [3.63, 3.8) is 0 Å². The Balaban J connectivity index is 3.68. The van der Waals surface area contributed by atoms with E-state index in [2.05, 4.69) is 10.9 Å². The van der Waals surface area contributed by atoms with Gasteiger partial charge in [0.25, 0.3) is 0 Å². The third kappa shape index (κ3) is 3.89. The lowest BCUT2D eigenvalue weighted by atomic mass is 10.3. The molecule has 0 aliphatic heterocycles. The first-order valence-electron chi connectivity index (χ1n) is 3.41. The summed E-state index contributed by atoms with van der Waals surface area (Å²) in [7, 11) is 0. The highest BCUT2D eigenvalue weighted by atomic mass is 16.4. The Kier molecular flexibility index (Phi) is 4.24. The summed E-state index contributed by atoms with van der Waals surface area (Å²) < 4.78 is 0. The summed E-state index contributed by atoms with van der Waals surface area (Å²) in [6.45, 7) is 2.81. The molecule has 0 radical (unpaired) electrons. The molecule has 0 heterocycles. The van der Waals surface area contributed by atoms with E-state index in [4.69, 9.17) is 10.2 Å². The van der Waals surface area contributed by atoms with Gasteiger partial charge in [0.15, 0.2) is 0 Å². The number of carboxylic acids is 2. The number of nitrogens with one attached hydrogen (secondary N) is 2. The van der Waals surface area contributed by atoms with Gasteiger partial charge in [-0.2, -0.15) is 0 Å². The van der Waals surface area contributed by atoms with E-state index in [0.717, 1.165) is 0 Å². The number of aliphatic carboxylic acids is 2. The van der Waals surface area contributed by atoms with Gasteiger partial charge in [0.2, 0.25) is 0 Å².